The second-order valence-corrected chi connectivity index (χ2v) is 16.2. The molecule has 2 aliphatic heterocycles. The number of hydrogen-bond acceptors (Lipinski definition) is 6. The number of ether oxygens (including phenoxy) is 1. The summed E-state index contributed by atoms with van der Waals surface area (Å²) in [5.74, 6) is 1.49. The van der Waals surface area contributed by atoms with Gasteiger partial charge in [0.1, 0.15) is 29.5 Å². The highest BCUT2D eigenvalue weighted by molar-refractivity contribution is 6.11. The number of anilines is 7. The maximum Gasteiger partial charge on any atom is 0.146 e. The highest BCUT2D eigenvalue weighted by Gasteiger charge is 2.42. The molecule has 7 heteroatoms. The molecule has 0 atom stereocenters. The fourth-order valence-electron chi connectivity index (χ4n) is 9.82. The van der Waals surface area contributed by atoms with Crippen LogP contribution in [0.15, 0.2) is 152 Å². The Balaban J connectivity index is 1.14. The predicted molar refractivity (Wildman–Crippen MR) is 238 cm³/mol. The summed E-state index contributed by atoms with van der Waals surface area (Å²) in [5, 5.41) is 3.17. The third kappa shape index (κ3) is 5.06. The molecule has 58 heavy (non-hydrogen) atoms. The Hall–Kier alpha value is -7.12. The first-order valence-electron chi connectivity index (χ1n) is 19.9. The third-order valence-electron chi connectivity index (χ3n) is 12.1. The van der Waals surface area contributed by atoms with Gasteiger partial charge in [0, 0.05) is 63.8 Å². The molecule has 0 spiro atoms. The van der Waals surface area contributed by atoms with Crippen molar-refractivity contribution in [1.29, 1.82) is 0 Å². The highest BCUT2D eigenvalue weighted by Crippen LogP contribution is 2.58. The molecule has 2 aliphatic rings. The van der Waals surface area contributed by atoms with Gasteiger partial charge in [-0.1, -0.05) is 80.1 Å². The van der Waals surface area contributed by atoms with E-state index in [-0.39, 0.29) is 5.41 Å². The molecule has 6 aromatic carbocycles. The summed E-state index contributed by atoms with van der Waals surface area (Å²) in [7, 11) is 0. The van der Waals surface area contributed by atoms with Crippen molar-refractivity contribution >= 4 is 67.3 Å². The second kappa shape index (κ2) is 12.7. The number of nitrogens with zero attached hydrogens (tertiary/aromatic N) is 6. The number of imidazole rings is 1. The number of aromatic nitrogens is 3. The Morgan fingerprint density at radius 3 is 2.02 bits per heavy atom. The van der Waals surface area contributed by atoms with Crippen LogP contribution in [0.5, 0.6) is 11.5 Å². The average Bonchev–Trinajstić information content (AvgIpc) is 3.87. The molecule has 0 fully saturated rings. The normalized spacial score (nSPS) is 14.3. The number of para-hydroxylation sites is 4. The van der Waals surface area contributed by atoms with Crippen LogP contribution < -0.4 is 19.4 Å². The molecule has 11 rings (SSSR count). The van der Waals surface area contributed by atoms with E-state index < -0.39 is 0 Å². The molecule has 0 N–H and O–H groups in total. The van der Waals surface area contributed by atoms with Crippen LogP contribution >= 0.6 is 0 Å². The number of benzene rings is 6. The molecule has 0 radical (unpaired) electrons. The van der Waals surface area contributed by atoms with E-state index in [0.29, 0.717) is 6.67 Å². The van der Waals surface area contributed by atoms with E-state index in [0.717, 1.165) is 67.4 Å². The molecular formula is C51H42N6O. The minimum absolute atomic E-state index is 0.354. The number of pyridine rings is 2. The zero-order valence-electron chi connectivity index (χ0n) is 33.2. The van der Waals surface area contributed by atoms with Crippen molar-refractivity contribution in [2.75, 3.05) is 21.4 Å². The van der Waals surface area contributed by atoms with Crippen LogP contribution in [-0.2, 0) is 5.41 Å². The van der Waals surface area contributed by atoms with Gasteiger partial charge < -0.3 is 19.4 Å². The molecule has 0 aliphatic carbocycles. The van der Waals surface area contributed by atoms with Gasteiger partial charge in [-0.15, -0.1) is 0 Å². The number of fused-ring (bicyclic) bond motifs is 9. The van der Waals surface area contributed by atoms with Crippen LogP contribution in [0, 0.1) is 20.8 Å². The molecule has 0 saturated heterocycles. The van der Waals surface area contributed by atoms with Crippen molar-refractivity contribution < 1.29 is 4.74 Å². The Labute approximate surface area is 338 Å². The molecule has 282 valence electrons. The van der Waals surface area contributed by atoms with Gasteiger partial charge >= 0.3 is 0 Å². The van der Waals surface area contributed by atoms with Gasteiger partial charge in [0.15, 0.2) is 0 Å². The number of hydrogen-bond donors (Lipinski definition) is 0. The standard InChI is InChI=1S/C51H42N6O/c1-32-26-33(2)48(34(3)27-32)56-31-55(43-19-11-12-20-44(43)56)45-29-37(58-36-21-22-38-39-16-13-23-52-49(39)54-25-24-53-50(54)40(38)28-36)30-46-47(45)51(4,5)41-17-9-10-18-42(41)57(46)35-14-7-6-8-15-35/h6-30H,31H2,1-5H3. The van der Waals surface area contributed by atoms with Crippen molar-refractivity contribution in [2.45, 2.75) is 40.0 Å². The molecule has 7 nitrogen and oxygen atoms in total. The molecule has 0 amide bonds. The van der Waals surface area contributed by atoms with Crippen molar-refractivity contribution in [2.24, 2.45) is 0 Å². The lowest BCUT2D eigenvalue weighted by Gasteiger charge is -2.44. The monoisotopic (exact) mass is 754 g/mol. The van der Waals surface area contributed by atoms with E-state index in [1.165, 1.54) is 39.2 Å². The quantitative estimate of drug-likeness (QED) is 0.163. The lowest BCUT2D eigenvalue weighted by atomic mass is 9.72. The second-order valence-electron chi connectivity index (χ2n) is 16.2. The Morgan fingerprint density at radius 2 is 1.22 bits per heavy atom. The van der Waals surface area contributed by atoms with Gasteiger partial charge in [0.05, 0.1) is 28.4 Å². The van der Waals surface area contributed by atoms with Crippen molar-refractivity contribution in [3.8, 4) is 11.5 Å². The fraction of sp³-hybridized carbons (Fsp3) is 0.137. The first-order chi connectivity index (χ1) is 28.3. The summed E-state index contributed by atoms with van der Waals surface area (Å²) >= 11 is 0. The van der Waals surface area contributed by atoms with Gasteiger partial charge in [0.2, 0.25) is 0 Å². The van der Waals surface area contributed by atoms with E-state index in [4.69, 9.17) is 14.7 Å². The van der Waals surface area contributed by atoms with Gasteiger partial charge in [-0.2, -0.15) is 0 Å². The first kappa shape index (κ1) is 34.2. The van der Waals surface area contributed by atoms with Gasteiger partial charge in [-0.3, -0.25) is 4.40 Å². The first-order valence-corrected chi connectivity index (χ1v) is 19.9. The number of rotatable bonds is 5. The topological polar surface area (TPSA) is 49.1 Å². The van der Waals surface area contributed by atoms with Gasteiger partial charge in [0.25, 0.3) is 0 Å². The van der Waals surface area contributed by atoms with Crippen molar-refractivity contribution in [1.82, 2.24) is 14.4 Å². The van der Waals surface area contributed by atoms with Crippen LogP contribution in [0.3, 0.4) is 0 Å². The molecule has 0 unspecified atom stereocenters. The zero-order valence-corrected chi connectivity index (χ0v) is 33.2. The third-order valence-corrected chi connectivity index (χ3v) is 12.1. The Bertz CT molecular complexity index is 3090. The van der Waals surface area contributed by atoms with Gasteiger partial charge in [-0.05, 0) is 104 Å². The van der Waals surface area contributed by atoms with Gasteiger partial charge in [-0.25, -0.2) is 9.97 Å². The minimum Gasteiger partial charge on any atom is -0.457 e. The smallest absolute Gasteiger partial charge is 0.146 e. The predicted octanol–water partition coefficient (Wildman–Crippen LogP) is 13.1. The van der Waals surface area contributed by atoms with Crippen LogP contribution in [-0.4, -0.2) is 21.0 Å². The van der Waals surface area contributed by atoms with E-state index in [2.05, 4.69) is 181 Å². The molecule has 0 bridgehead atoms. The van der Waals surface area contributed by atoms with Crippen LogP contribution in [0.2, 0.25) is 0 Å². The van der Waals surface area contributed by atoms with E-state index >= 15 is 0 Å². The van der Waals surface area contributed by atoms with E-state index in [9.17, 15) is 0 Å². The fourth-order valence-corrected chi connectivity index (χ4v) is 9.82. The summed E-state index contributed by atoms with van der Waals surface area (Å²) in [6.07, 6.45) is 5.64. The van der Waals surface area contributed by atoms with Crippen molar-refractivity contribution in [3.05, 3.63) is 180 Å². The summed E-state index contributed by atoms with van der Waals surface area (Å²) in [4.78, 5) is 16.9. The van der Waals surface area contributed by atoms with E-state index in [1.807, 2.05) is 24.7 Å². The summed E-state index contributed by atoms with van der Waals surface area (Å²) in [5.41, 5.74) is 15.8. The average molecular weight is 755 g/mol. The van der Waals surface area contributed by atoms with Crippen LogP contribution in [0.1, 0.15) is 41.7 Å². The lowest BCUT2D eigenvalue weighted by molar-refractivity contribution is 0.482. The Morgan fingerprint density at radius 1 is 0.552 bits per heavy atom. The maximum atomic E-state index is 7.06. The SMILES string of the molecule is Cc1cc(C)c(N2CN(c3cc(Oc4ccc5c6cccnc6n6ccnc6c5c4)cc4c3C(C)(C)c3ccccc3N4c3ccccc3)c3ccccc32)c(C)c1. The minimum atomic E-state index is -0.354. The molecule has 3 aromatic heterocycles. The van der Waals surface area contributed by atoms with Crippen LogP contribution in [0.25, 0.3) is 27.5 Å². The van der Waals surface area contributed by atoms with Crippen LogP contribution in [0.4, 0.5) is 39.8 Å². The molecule has 0 saturated carbocycles. The van der Waals surface area contributed by atoms with E-state index in [1.54, 1.807) is 0 Å². The molecular weight excluding hydrogens is 713 g/mol. The lowest BCUT2D eigenvalue weighted by Crippen LogP contribution is -2.34. The highest BCUT2D eigenvalue weighted by atomic mass is 16.5. The zero-order chi connectivity index (χ0) is 39.3. The largest absolute Gasteiger partial charge is 0.457 e. The molecule has 5 heterocycles. The molecule has 9 aromatic rings. The summed E-state index contributed by atoms with van der Waals surface area (Å²) in [6, 6.07) is 47.9. The maximum absolute atomic E-state index is 7.06. The summed E-state index contributed by atoms with van der Waals surface area (Å²) < 4.78 is 9.12. The summed E-state index contributed by atoms with van der Waals surface area (Å²) in [6.45, 7) is 12.0. The van der Waals surface area contributed by atoms with Crippen molar-refractivity contribution in [3.63, 3.8) is 0 Å². The Kier molecular flexibility index (Phi) is 7.48. The number of aryl methyl sites for hydroxylation is 3.